The molecule has 0 aliphatic carbocycles. The second kappa shape index (κ2) is 8.78. The number of rotatable bonds is 6. The Kier molecular flexibility index (Phi) is 5.75. The second-order valence-electron chi connectivity index (χ2n) is 6.14. The third kappa shape index (κ3) is 4.49. The Balaban J connectivity index is 1.53. The van der Waals surface area contributed by atoms with Gasteiger partial charge in [-0.3, -0.25) is 4.79 Å². The van der Waals surface area contributed by atoms with E-state index >= 15 is 0 Å². The van der Waals surface area contributed by atoms with Crippen LogP contribution in [0.25, 0.3) is 5.69 Å². The summed E-state index contributed by atoms with van der Waals surface area (Å²) in [7, 11) is 0. The molecule has 0 fully saturated rings. The molecule has 7 nitrogen and oxygen atoms in total. The third-order valence-corrected chi connectivity index (χ3v) is 5.19. The van der Waals surface area contributed by atoms with E-state index in [9.17, 15) is 13.6 Å². The molecule has 4 aromatic rings. The smallest absolute Gasteiger partial charge is 0.258 e. The Labute approximate surface area is 174 Å². The van der Waals surface area contributed by atoms with Gasteiger partial charge in [0, 0.05) is 11.9 Å². The predicted molar refractivity (Wildman–Crippen MR) is 107 cm³/mol. The van der Waals surface area contributed by atoms with E-state index < -0.39 is 11.7 Å². The summed E-state index contributed by atoms with van der Waals surface area (Å²) in [6, 6.07) is 13.5. The van der Waals surface area contributed by atoms with Crippen molar-refractivity contribution in [3.63, 3.8) is 0 Å². The van der Waals surface area contributed by atoms with E-state index in [1.54, 1.807) is 30.5 Å². The van der Waals surface area contributed by atoms with Crippen LogP contribution in [0.4, 0.5) is 14.5 Å². The van der Waals surface area contributed by atoms with Crippen LogP contribution in [-0.4, -0.2) is 31.1 Å². The fourth-order valence-corrected chi connectivity index (χ4v) is 3.58. The van der Waals surface area contributed by atoms with Gasteiger partial charge in [0.1, 0.15) is 23.0 Å². The first-order valence-electron chi connectivity index (χ1n) is 8.76. The van der Waals surface area contributed by atoms with E-state index in [1.165, 1.54) is 53.1 Å². The molecule has 0 spiro atoms. The van der Waals surface area contributed by atoms with Crippen LogP contribution in [-0.2, 0) is 5.75 Å². The molecule has 0 bridgehead atoms. The summed E-state index contributed by atoms with van der Waals surface area (Å²) < 4.78 is 28.7. The summed E-state index contributed by atoms with van der Waals surface area (Å²) in [5, 5.41) is 13.9. The zero-order valence-electron chi connectivity index (χ0n) is 15.4. The van der Waals surface area contributed by atoms with Crippen molar-refractivity contribution in [2.24, 2.45) is 0 Å². The third-order valence-electron chi connectivity index (χ3n) is 4.12. The highest BCUT2D eigenvalue weighted by Gasteiger charge is 2.16. The number of aromatic nitrogens is 5. The second-order valence-corrected chi connectivity index (χ2v) is 7.11. The maximum atomic E-state index is 14.3. The van der Waals surface area contributed by atoms with Crippen molar-refractivity contribution in [1.82, 2.24) is 25.2 Å². The van der Waals surface area contributed by atoms with E-state index in [4.69, 9.17) is 0 Å². The molecule has 30 heavy (non-hydrogen) atoms. The van der Waals surface area contributed by atoms with Gasteiger partial charge in [0.2, 0.25) is 0 Å². The number of nitrogens with one attached hydrogen (secondary N) is 1. The average Bonchev–Trinajstić information content (AvgIpc) is 3.30. The molecule has 0 unspecified atom stereocenters. The van der Waals surface area contributed by atoms with Crippen LogP contribution in [0.5, 0.6) is 0 Å². The molecule has 0 aliphatic heterocycles. The highest BCUT2D eigenvalue weighted by molar-refractivity contribution is 7.98. The molecule has 4 rings (SSSR count). The number of thioether (sulfide) groups is 1. The number of tetrazole rings is 1. The van der Waals surface area contributed by atoms with Crippen LogP contribution in [0.1, 0.15) is 15.9 Å². The first-order chi connectivity index (χ1) is 14.6. The lowest BCUT2D eigenvalue weighted by Gasteiger charge is -2.11. The molecule has 2 aromatic carbocycles. The summed E-state index contributed by atoms with van der Waals surface area (Å²) in [6.07, 6.45) is 2.94. The maximum Gasteiger partial charge on any atom is 0.258 e. The number of pyridine rings is 1. The minimum Gasteiger partial charge on any atom is -0.319 e. The van der Waals surface area contributed by atoms with Crippen molar-refractivity contribution >= 4 is 23.4 Å². The van der Waals surface area contributed by atoms with E-state index in [-0.39, 0.29) is 11.5 Å². The van der Waals surface area contributed by atoms with Gasteiger partial charge in [-0.05, 0) is 58.5 Å². The number of nitrogens with zero attached hydrogens (tertiary/aromatic N) is 5. The van der Waals surface area contributed by atoms with Crippen LogP contribution in [0.3, 0.4) is 0 Å². The van der Waals surface area contributed by atoms with Crippen LogP contribution in [0.2, 0.25) is 0 Å². The topological polar surface area (TPSA) is 85.6 Å². The first-order valence-corrected chi connectivity index (χ1v) is 9.75. The van der Waals surface area contributed by atoms with Gasteiger partial charge in [-0.25, -0.2) is 18.4 Å². The molecule has 2 aromatic heterocycles. The lowest BCUT2D eigenvalue weighted by molar-refractivity contribution is 0.102. The molecule has 10 heteroatoms. The maximum absolute atomic E-state index is 14.3. The molecule has 0 aliphatic rings. The number of benzene rings is 2. The number of hydrogen-bond acceptors (Lipinski definition) is 6. The standard InChI is InChI=1S/C20H14F2N6OS/c21-14-5-3-13(4-6-14)11-30-20-16(2-1-9-23-20)19(29)25-18-10-15(7-8-17(18)22)28-12-24-26-27-28/h1-10,12H,11H2,(H,25,29). The van der Waals surface area contributed by atoms with E-state index in [0.717, 1.165) is 5.56 Å². The molecule has 1 amide bonds. The molecule has 0 atom stereocenters. The number of anilines is 1. The lowest BCUT2D eigenvalue weighted by Crippen LogP contribution is -2.15. The zero-order valence-corrected chi connectivity index (χ0v) is 16.2. The van der Waals surface area contributed by atoms with Crippen LogP contribution in [0, 0.1) is 11.6 Å². The Bertz CT molecular complexity index is 1170. The van der Waals surface area contributed by atoms with Gasteiger partial charge in [0.15, 0.2) is 0 Å². The molecular weight excluding hydrogens is 410 g/mol. The Hall–Kier alpha value is -3.66. The Morgan fingerprint density at radius 2 is 1.93 bits per heavy atom. The van der Waals surface area contributed by atoms with Gasteiger partial charge in [-0.15, -0.1) is 16.9 Å². The van der Waals surface area contributed by atoms with Crippen molar-refractivity contribution in [3.05, 3.63) is 89.9 Å². The van der Waals surface area contributed by atoms with Gasteiger partial charge in [-0.1, -0.05) is 12.1 Å². The fraction of sp³-hybridized carbons (Fsp3) is 0.0500. The number of amides is 1. The number of hydrogen-bond donors (Lipinski definition) is 1. The highest BCUT2D eigenvalue weighted by Crippen LogP contribution is 2.26. The Morgan fingerprint density at radius 3 is 2.70 bits per heavy atom. The van der Waals surface area contributed by atoms with Crippen molar-refractivity contribution in [2.75, 3.05) is 5.32 Å². The van der Waals surface area contributed by atoms with E-state index in [0.29, 0.717) is 22.0 Å². The molecule has 1 N–H and O–H groups in total. The van der Waals surface area contributed by atoms with Crippen molar-refractivity contribution < 1.29 is 13.6 Å². The number of halogens is 2. The van der Waals surface area contributed by atoms with Crippen LogP contribution in [0.15, 0.2) is 72.1 Å². The van der Waals surface area contributed by atoms with E-state index in [2.05, 4.69) is 25.8 Å². The summed E-state index contributed by atoms with van der Waals surface area (Å²) >= 11 is 1.33. The normalized spacial score (nSPS) is 10.7. The van der Waals surface area contributed by atoms with Crippen LogP contribution >= 0.6 is 11.8 Å². The summed E-state index contributed by atoms with van der Waals surface area (Å²) in [5.74, 6) is -0.907. The SMILES string of the molecule is O=C(Nc1cc(-n2cnnn2)ccc1F)c1cccnc1SCc1ccc(F)cc1. The monoisotopic (exact) mass is 424 g/mol. The fourth-order valence-electron chi connectivity index (χ4n) is 2.63. The van der Waals surface area contributed by atoms with Gasteiger partial charge in [0.25, 0.3) is 5.91 Å². The lowest BCUT2D eigenvalue weighted by atomic mass is 10.2. The minimum atomic E-state index is -0.593. The molecule has 0 radical (unpaired) electrons. The molecule has 0 saturated carbocycles. The number of carbonyl (C=O) groups is 1. The van der Waals surface area contributed by atoms with Gasteiger partial charge < -0.3 is 5.32 Å². The van der Waals surface area contributed by atoms with Gasteiger partial charge in [-0.2, -0.15) is 0 Å². The summed E-state index contributed by atoms with van der Waals surface area (Å²) in [5.41, 5.74) is 1.68. The average molecular weight is 424 g/mol. The predicted octanol–water partition coefficient (Wildman–Crippen LogP) is 3.88. The minimum absolute atomic E-state index is 0.00802. The van der Waals surface area contributed by atoms with Crippen molar-refractivity contribution in [3.8, 4) is 5.69 Å². The number of carbonyl (C=O) groups excluding carboxylic acids is 1. The molecule has 2 heterocycles. The molecule has 150 valence electrons. The summed E-state index contributed by atoms with van der Waals surface area (Å²) in [6.45, 7) is 0. The zero-order chi connectivity index (χ0) is 20.9. The van der Waals surface area contributed by atoms with E-state index in [1.807, 2.05) is 0 Å². The largest absolute Gasteiger partial charge is 0.319 e. The van der Waals surface area contributed by atoms with Gasteiger partial charge >= 0.3 is 0 Å². The molecule has 0 saturated heterocycles. The van der Waals surface area contributed by atoms with Crippen LogP contribution < -0.4 is 5.32 Å². The highest BCUT2D eigenvalue weighted by atomic mass is 32.2. The van der Waals surface area contributed by atoms with Crippen molar-refractivity contribution in [2.45, 2.75) is 10.8 Å². The van der Waals surface area contributed by atoms with Gasteiger partial charge in [0.05, 0.1) is 16.9 Å². The first kappa shape index (κ1) is 19.6. The quantitative estimate of drug-likeness (QED) is 0.473. The summed E-state index contributed by atoms with van der Waals surface area (Å²) in [4.78, 5) is 17.1. The van der Waals surface area contributed by atoms with Crippen molar-refractivity contribution in [1.29, 1.82) is 0 Å². The Morgan fingerprint density at radius 1 is 1.10 bits per heavy atom. The molecular formula is C20H14F2N6OS.